The summed E-state index contributed by atoms with van der Waals surface area (Å²) >= 11 is 3.47. The first kappa shape index (κ1) is 13.5. The molecule has 1 aliphatic heterocycles. The third kappa shape index (κ3) is 2.74. The fourth-order valence-corrected chi connectivity index (χ4v) is 2.41. The molecule has 1 atom stereocenters. The molecular weight excluding hydrogens is 296 g/mol. The first-order valence-corrected chi connectivity index (χ1v) is 6.79. The Balaban J connectivity index is 2.31. The van der Waals surface area contributed by atoms with Crippen molar-refractivity contribution in [2.24, 2.45) is 5.73 Å². The molecule has 98 valence electrons. The fourth-order valence-electron chi connectivity index (χ4n) is 2.17. The van der Waals surface area contributed by atoms with Crippen LogP contribution in [-0.2, 0) is 9.53 Å². The molecule has 0 bridgehead atoms. The monoisotopic (exact) mass is 312 g/mol. The summed E-state index contributed by atoms with van der Waals surface area (Å²) in [6.45, 7) is 3.26. The lowest BCUT2D eigenvalue weighted by molar-refractivity contribution is -0.127. The molecule has 0 radical (unpaired) electrons. The van der Waals surface area contributed by atoms with Gasteiger partial charge in [-0.15, -0.1) is 0 Å². The maximum absolute atomic E-state index is 12.0. The van der Waals surface area contributed by atoms with E-state index in [2.05, 4.69) is 15.9 Å². The highest BCUT2D eigenvalue weighted by atomic mass is 79.9. The van der Waals surface area contributed by atoms with E-state index in [1.165, 1.54) is 0 Å². The largest absolute Gasteiger partial charge is 0.369 e. The summed E-state index contributed by atoms with van der Waals surface area (Å²) in [6.07, 6.45) is 0.751. The molecule has 0 aromatic heterocycles. The number of amides is 1. The lowest BCUT2D eigenvalue weighted by Gasteiger charge is -2.35. The molecule has 1 fully saturated rings. The molecule has 2 N–H and O–H groups in total. The molecule has 1 aliphatic rings. The quantitative estimate of drug-likeness (QED) is 0.926. The zero-order chi connectivity index (χ0) is 13.1. The Hall–Kier alpha value is -0.910. The van der Waals surface area contributed by atoms with Gasteiger partial charge in [-0.1, -0.05) is 15.9 Å². The molecule has 2 rings (SSSR count). The molecule has 1 aromatic carbocycles. The predicted octanol–water partition coefficient (Wildman–Crippen LogP) is 1.84. The Morgan fingerprint density at radius 3 is 3.00 bits per heavy atom. The highest BCUT2D eigenvalue weighted by Gasteiger charge is 2.29. The van der Waals surface area contributed by atoms with Crippen LogP contribution in [0.3, 0.4) is 0 Å². The Bertz CT molecular complexity index is 449. The first-order chi connectivity index (χ1) is 8.63. The number of aryl methyl sites for hydroxylation is 1. The van der Waals surface area contributed by atoms with Crippen LogP contribution in [0.4, 0.5) is 5.69 Å². The van der Waals surface area contributed by atoms with Gasteiger partial charge in [0.2, 0.25) is 0 Å². The van der Waals surface area contributed by atoms with Gasteiger partial charge in [-0.2, -0.15) is 0 Å². The van der Waals surface area contributed by atoms with Gasteiger partial charge in [0.15, 0.2) is 0 Å². The lowest BCUT2D eigenvalue weighted by atomic mass is 10.1. The molecule has 4 nitrogen and oxygen atoms in total. The maximum Gasteiger partial charge on any atom is 0.253 e. The van der Waals surface area contributed by atoms with Crippen molar-refractivity contribution in [3.8, 4) is 0 Å². The third-order valence-corrected chi connectivity index (χ3v) is 3.98. The number of carbonyl (C=O) groups excluding carboxylic acids is 1. The summed E-state index contributed by atoms with van der Waals surface area (Å²) in [5.74, 6) is 0.00132. The molecule has 0 saturated carbocycles. The van der Waals surface area contributed by atoms with Crippen molar-refractivity contribution in [3.05, 3.63) is 28.2 Å². The van der Waals surface area contributed by atoms with E-state index in [1.54, 1.807) is 0 Å². The number of rotatable bonds is 3. The van der Waals surface area contributed by atoms with Gasteiger partial charge in [-0.25, -0.2) is 0 Å². The van der Waals surface area contributed by atoms with Gasteiger partial charge in [0.05, 0.1) is 12.6 Å². The van der Waals surface area contributed by atoms with Crippen LogP contribution in [-0.4, -0.2) is 31.7 Å². The zero-order valence-electron chi connectivity index (χ0n) is 10.4. The molecule has 0 aliphatic carbocycles. The van der Waals surface area contributed by atoms with Crippen LogP contribution >= 0.6 is 15.9 Å². The van der Waals surface area contributed by atoms with Crippen molar-refractivity contribution in [2.75, 3.05) is 24.7 Å². The highest BCUT2D eigenvalue weighted by Crippen LogP contribution is 2.26. The lowest BCUT2D eigenvalue weighted by Crippen LogP contribution is -2.50. The Labute approximate surface area is 115 Å². The second-order valence-electron chi connectivity index (χ2n) is 4.44. The molecule has 18 heavy (non-hydrogen) atoms. The van der Waals surface area contributed by atoms with Gasteiger partial charge in [0.1, 0.15) is 6.61 Å². The van der Waals surface area contributed by atoms with Crippen LogP contribution in [0, 0.1) is 6.92 Å². The number of morpholine rings is 1. The van der Waals surface area contributed by atoms with Gasteiger partial charge in [-0.3, -0.25) is 4.79 Å². The maximum atomic E-state index is 12.0. The number of carbonyl (C=O) groups is 1. The summed E-state index contributed by atoms with van der Waals surface area (Å²) in [6, 6.07) is 5.96. The minimum absolute atomic E-state index is 0.00132. The number of hydrogen-bond acceptors (Lipinski definition) is 3. The van der Waals surface area contributed by atoms with Gasteiger partial charge in [0.25, 0.3) is 5.91 Å². The SMILES string of the molecule is Cc1cc(N2C(=O)COCC2CCN)ccc1Br. The zero-order valence-corrected chi connectivity index (χ0v) is 11.9. The van der Waals surface area contributed by atoms with E-state index in [4.69, 9.17) is 10.5 Å². The number of anilines is 1. The minimum atomic E-state index is 0.00132. The minimum Gasteiger partial charge on any atom is -0.369 e. The Morgan fingerprint density at radius 2 is 2.33 bits per heavy atom. The van der Waals surface area contributed by atoms with Crippen LogP contribution in [0.15, 0.2) is 22.7 Å². The number of benzene rings is 1. The summed E-state index contributed by atoms with van der Waals surface area (Å²) in [7, 11) is 0. The van der Waals surface area contributed by atoms with Crippen molar-refractivity contribution in [3.63, 3.8) is 0 Å². The molecule has 5 heteroatoms. The highest BCUT2D eigenvalue weighted by molar-refractivity contribution is 9.10. The van der Waals surface area contributed by atoms with Gasteiger partial charge in [0, 0.05) is 10.2 Å². The molecule has 1 heterocycles. The fraction of sp³-hybridized carbons (Fsp3) is 0.462. The van der Waals surface area contributed by atoms with E-state index in [1.807, 2.05) is 30.0 Å². The van der Waals surface area contributed by atoms with Crippen LogP contribution in [0.25, 0.3) is 0 Å². The number of nitrogens with zero attached hydrogens (tertiary/aromatic N) is 1. The normalized spacial score (nSPS) is 20.3. The van der Waals surface area contributed by atoms with Crippen molar-refractivity contribution in [2.45, 2.75) is 19.4 Å². The van der Waals surface area contributed by atoms with Crippen molar-refractivity contribution in [1.82, 2.24) is 0 Å². The molecule has 0 spiro atoms. The average Bonchev–Trinajstić information content (AvgIpc) is 2.34. The van der Waals surface area contributed by atoms with E-state index < -0.39 is 0 Å². The Morgan fingerprint density at radius 1 is 1.56 bits per heavy atom. The van der Waals surface area contributed by atoms with Crippen LogP contribution in [0.5, 0.6) is 0 Å². The summed E-state index contributed by atoms with van der Waals surface area (Å²) in [4.78, 5) is 13.8. The summed E-state index contributed by atoms with van der Waals surface area (Å²) in [5.41, 5.74) is 7.63. The molecular formula is C13H17BrN2O2. The predicted molar refractivity (Wildman–Crippen MR) is 74.6 cm³/mol. The van der Waals surface area contributed by atoms with E-state index in [0.29, 0.717) is 13.2 Å². The van der Waals surface area contributed by atoms with E-state index in [0.717, 1.165) is 22.1 Å². The summed E-state index contributed by atoms with van der Waals surface area (Å²) in [5, 5.41) is 0. The third-order valence-electron chi connectivity index (χ3n) is 3.09. The number of hydrogen-bond donors (Lipinski definition) is 1. The van der Waals surface area contributed by atoms with Crippen molar-refractivity contribution in [1.29, 1.82) is 0 Å². The molecule has 1 aromatic rings. The van der Waals surface area contributed by atoms with Crippen LogP contribution in [0.2, 0.25) is 0 Å². The topological polar surface area (TPSA) is 55.6 Å². The van der Waals surface area contributed by atoms with Gasteiger partial charge >= 0.3 is 0 Å². The van der Waals surface area contributed by atoms with Crippen LogP contribution in [0.1, 0.15) is 12.0 Å². The number of halogens is 1. The Kier molecular flexibility index (Phi) is 4.37. The van der Waals surface area contributed by atoms with Gasteiger partial charge in [-0.05, 0) is 43.7 Å². The van der Waals surface area contributed by atoms with Crippen molar-refractivity contribution < 1.29 is 9.53 Å². The molecule has 1 unspecified atom stereocenters. The first-order valence-electron chi connectivity index (χ1n) is 5.99. The van der Waals surface area contributed by atoms with E-state index in [9.17, 15) is 4.79 Å². The second kappa shape index (κ2) is 5.82. The number of nitrogens with two attached hydrogens (primary N) is 1. The molecule has 1 amide bonds. The van der Waals surface area contributed by atoms with Crippen molar-refractivity contribution >= 4 is 27.5 Å². The number of ether oxygens (including phenoxy) is 1. The van der Waals surface area contributed by atoms with E-state index >= 15 is 0 Å². The van der Waals surface area contributed by atoms with E-state index in [-0.39, 0.29) is 18.6 Å². The summed E-state index contributed by atoms with van der Waals surface area (Å²) < 4.78 is 6.34. The smallest absolute Gasteiger partial charge is 0.253 e. The standard InChI is InChI=1S/C13H17BrN2O2/c1-9-6-10(2-3-12(9)14)16-11(4-5-15)7-18-8-13(16)17/h2-3,6,11H,4-5,7-8,15H2,1H3. The van der Waals surface area contributed by atoms with Gasteiger partial charge < -0.3 is 15.4 Å². The average molecular weight is 313 g/mol. The van der Waals surface area contributed by atoms with Crippen LogP contribution < -0.4 is 10.6 Å². The molecule has 1 saturated heterocycles. The second-order valence-corrected chi connectivity index (χ2v) is 5.30.